The van der Waals surface area contributed by atoms with Crippen molar-refractivity contribution in [3.8, 4) is 0 Å². The largest absolute Gasteiger partial charge is 0.244 e. The summed E-state index contributed by atoms with van der Waals surface area (Å²) in [5.41, 5.74) is 0. The van der Waals surface area contributed by atoms with Crippen LogP contribution in [0.15, 0.2) is 21.5 Å². The molecule has 0 saturated heterocycles. The van der Waals surface area contributed by atoms with E-state index in [9.17, 15) is 12.8 Å². The highest BCUT2D eigenvalue weighted by Gasteiger charge is 2.24. The number of hydrogen-bond donors (Lipinski definition) is 1. The first kappa shape index (κ1) is 14.3. The monoisotopic (exact) mass is 421 g/mol. The smallest absolute Gasteiger partial charge is 0.209 e. The van der Waals surface area contributed by atoms with Crippen molar-refractivity contribution in [3.05, 3.63) is 26.0 Å². The van der Waals surface area contributed by atoms with E-state index in [1.165, 1.54) is 6.07 Å². The number of hydrogen-bond acceptors (Lipinski definition) is 2. The summed E-state index contributed by atoms with van der Waals surface area (Å²) in [5, 5.41) is 0. The topological polar surface area (TPSA) is 46.2 Å². The second kappa shape index (κ2) is 5.28. The van der Waals surface area contributed by atoms with Crippen LogP contribution in [0.4, 0.5) is 4.39 Å². The lowest BCUT2D eigenvalue weighted by Crippen LogP contribution is -2.31. The van der Waals surface area contributed by atoms with E-state index >= 15 is 0 Å². The van der Waals surface area contributed by atoms with E-state index in [2.05, 4.69) is 20.7 Å². The minimum absolute atomic E-state index is 0.136. The third kappa shape index (κ3) is 3.14. The van der Waals surface area contributed by atoms with Gasteiger partial charge in [0, 0.05) is 9.61 Å². The quantitative estimate of drug-likeness (QED) is 0.602. The Morgan fingerprint density at radius 2 is 2.00 bits per heavy atom. The van der Waals surface area contributed by atoms with E-state index in [1.807, 2.05) is 0 Å². The molecule has 0 fully saturated rings. The number of sulfonamides is 1. The van der Waals surface area contributed by atoms with Crippen LogP contribution in [0, 0.1) is 9.39 Å². The first-order valence-corrected chi connectivity index (χ1v) is 7.77. The van der Waals surface area contributed by atoms with Crippen molar-refractivity contribution in [2.24, 2.45) is 0 Å². The Morgan fingerprint density at radius 3 is 2.50 bits per heavy atom. The van der Waals surface area contributed by atoms with Gasteiger partial charge >= 0.3 is 0 Å². The Morgan fingerprint density at radius 1 is 1.44 bits per heavy atom. The summed E-state index contributed by atoms with van der Waals surface area (Å²) >= 11 is 4.76. The first-order valence-electron chi connectivity index (χ1n) is 4.41. The van der Waals surface area contributed by atoms with E-state index in [1.54, 1.807) is 42.5 Å². The number of halogens is 3. The molecule has 16 heavy (non-hydrogen) atoms. The molecule has 0 aromatic heterocycles. The Balaban J connectivity index is 3.38. The normalized spacial score (nSPS) is 12.1. The summed E-state index contributed by atoms with van der Waals surface area (Å²) in [6.45, 7) is 3.36. The molecule has 0 atom stereocenters. The van der Waals surface area contributed by atoms with Gasteiger partial charge in [0.15, 0.2) is 5.82 Å². The molecular weight excluding hydrogens is 412 g/mol. The molecule has 0 aliphatic carbocycles. The maximum atomic E-state index is 13.7. The van der Waals surface area contributed by atoms with Crippen LogP contribution in [-0.2, 0) is 10.0 Å². The van der Waals surface area contributed by atoms with Crippen molar-refractivity contribution >= 4 is 48.5 Å². The van der Waals surface area contributed by atoms with Crippen LogP contribution in [0.1, 0.15) is 13.8 Å². The van der Waals surface area contributed by atoms with Crippen molar-refractivity contribution in [3.63, 3.8) is 0 Å². The third-order valence-electron chi connectivity index (χ3n) is 1.66. The van der Waals surface area contributed by atoms with Crippen LogP contribution < -0.4 is 4.72 Å². The molecule has 0 aliphatic rings. The van der Waals surface area contributed by atoms with Crippen LogP contribution in [0.3, 0.4) is 0 Å². The lowest BCUT2D eigenvalue weighted by molar-refractivity contribution is 0.545. The summed E-state index contributed by atoms with van der Waals surface area (Å²) in [6, 6.07) is 2.74. The molecule has 1 aromatic carbocycles. The molecule has 0 unspecified atom stereocenters. The summed E-state index contributed by atoms with van der Waals surface area (Å²) in [5.74, 6) is -0.764. The van der Waals surface area contributed by atoms with Crippen molar-refractivity contribution in [2.75, 3.05) is 0 Å². The van der Waals surface area contributed by atoms with Gasteiger partial charge in [0.05, 0.1) is 4.47 Å². The van der Waals surface area contributed by atoms with Gasteiger partial charge in [0.25, 0.3) is 0 Å². The van der Waals surface area contributed by atoms with E-state index < -0.39 is 15.8 Å². The summed E-state index contributed by atoms with van der Waals surface area (Å²) in [6.07, 6.45) is 0. The molecular formula is C9H10BrFINO2S. The molecule has 90 valence electrons. The van der Waals surface area contributed by atoms with E-state index in [0.717, 1.165) is 0 Å². The van der Waals surface area contributed by atoms with Gasteiger partial charge in [0.1, 0.15) is 4.90 Å². The molecule has 1 rings (SSSR count). The molecule has 1 aromatic rings. The van der Waals surface area contributed by atoms with Gasteiger partial charge in [-0.1, -0.05) is 0 Å². The molecule has 0 amide bonds. The average molecular weight is 422 g/mol. The highest BCUT2D eigenvalue weighted by Crippen LogP contribution is 2.27. The highest BCUT2D eigenvalue weighted by molar-refractivity contribution is 14.1. The van der Waals surface area contributed by atoms with Crippen LogP contribution in [0.5, 0.6) is 0 Å². The Kier molecular flexibility index (Phi) is 4.73. The fourth-order valence-electron chi connectivity index (χ4n) is 1.12. The second-order valence-corrected chi connectivity index (χ2v) is 7.12. The maximum Gasteiger partial charge on any atom is 0.244 e. The van der Waals surface area contributed by atoms with Gasteiger partial charge in [-0.15, -0.1) is 0 Å². The van der Waals surface area contributed by atoms with Gasteiger partial charge in [-0.05, 0) is 64.5 Å². The minimum atomic E-state index is -3.81. The molecule has 0 bridgehead atoms. The van der Waals surface area contributed by atoms with Gasteiger partial charge in [-0.2, -0.15) is 0 Å². The number of benzene rings is 1. The van der Waals surface area contributed by atoms with Gasteiger partial charge in [0.2, 0.25) is 10.0 Å². The zero-order valence-corrected chi connectivity index (χ0v) is 13.2. The predicted octanol–water partition coefficient (Wildman–Crippen LogP) is 2.88. The molecule has 0 heterocycles. The van der Waals surface area contributed by atoms with E-state index in [-0.39, 0.29) is 15.4 Å². The Bertz CT molecular complexity index is 504. The lowest BCUT2D eigenvalue weighted by atomic mass is 10.3. The minimum Gasteiger partial charge on any atom is -0.209 e. The zero-order chi connectivity index (χ0) is 12.5. The van der Waals surface area contributed by atoms with Gasteiger partial charge in [-0.25, -0.2) is 17.5 Å². The van der Waals surface area contributed by atoms with Crippen molar-refractivity contribution in [2.45, 2.75) is 24.8 Å². The Hall–Kier alpha value is 0.270. The fourth-order valence-corrected chi connectivity index (χ4v) is 4.28. The lowest BCUT2D eigenvalue weighted by Gasteiger charge is -2.12. The molecule has 0 saturated carbocycles. The fraction of sp³-hybridized carbons (Fsp3) is 0.333. The molecule has 0 spiro atoms. The van der Waals surface area contributed by atoms with E-state index in [0.29, 0.717) is 3.57 Å². The summed E-state index contributed by atoms with van der Waals surface area (Å²) in [4.78, 5) is -0.309. The third-order valence-corrected chi connectivity index (χ3v) is 5.26. The van der Waals surface area contributed by atoms with Crippen LogP contribution in [0.25, 0.3) is 0 Å². The number of rotatable bonds is 3. The summed E-state index contributed by atoms with van der Waals surface area (Å²) in [7, 11) is -3.81. The second-order valence-electron chi connectivity index (χ2n) is 3.45. The van der Waals surface area contributed by atoms with Gasteiger partial charge < -0.3 is 0 Å². The predicted molar refractivity (Wildman–Crippen MR) is 72.3 cm³/mol. The van der Waals surface area contributed by atoms with Gasteiger partial charge in [-0.3, -0.25) is 0 Å². The molecule has 1 N–H and O–H groups in total. The van der Waals surface area contributed by atoms with Crippen molar-refractivity contribution < 1.29 is 12.8 Å². The highest BCUT2D eigenvalue weighted by atomic mass is 127. The van der Waals surface area contributed by atoms with Crippen molar-refractivity contribution in [1.82, 2.24) is 4.72 Å². The molecule has 3 nitrogen and oxygen atoms in total. The maximum absolute atomic E-state index is 13.7. The average Bonchev–Trinajstić information content (AvgIpc) is 2.09. The van der Waals surface area contributed by atoms with Crippen molar-refractivity contribution in [1.29, 1.82) is 0 Å². The van der Waals surface area contributed by atoms with Crippen LogP contribution in [-0.4, -0.2) is 14.5 Å². The Labute approximate surface area is 116 Å². The van der Waals surface area contributed by atoms with E-state index in [4.69, 9.17) is 0 Å². The first-order chi connectivity index (χ1) is 7.25. The van der Waals surface area contributed by atoms with Crippen LogP contribution >= 0.6 is 38.5 Å². The number of nitrogens with one attached hydrogen (secondary N) is 1. The molecule has 0 radical (unpaired) electrons. The standard InChI is InChI=1S/C9H10BrFINO2S/c1-5(2)13-16(14,15)9-7(12)4-3-6(10)8(9)11/h3-5,13H,1-2H3. The summed E-state index contributed by atoms with van der Waals surface area (Å²) < 4.78 is 40.3. The zero-order valence-electron chi connectivity index (χ0n) is 8.59. The molecule has 0 aliphatic heterocycles. The SMILES string of the molecule is CC(C)NS(=O)(=O)c1c(I)ccc(Br)c1F. The molecule has 7 heteroatoms. The van der Waals surface area contributed by atoms with Crippen LogP contribution in [0.2, 0.25) is 0 Å².